The second kappa shape index (κ2) is 8.66. The molecule has 3 aromatic rings. The van der Waals surface area contributed by atoms with Crippen molar-refractivity contribution in [3.63, 3.8) is 0 Å². The van der Waals surface area contributed by atoms with Crippen molar-refractivity contribution < 1.29 is 9.59 Å². The minimum Gasteiger partial charge on any atom is -0.343 e. The molecule has 3 aromatic carbocycles. The topological polar surface area (TPSA) is 70.6 Å². The Morgan fingerprint density at radius 1 is 0.963 bits per heavy atom. The van der Waals surface area contributed by atoms with Crippen LogP contribution >= 0.6 is 23.2 Å². The van der Waals surface area contributed by atoms with Gasteiger partial charge in [-0.25, -0.2) is 5.43 Å². The summed E-state index contributed by atoms with van der Waals surface area (Å²) in [4.78, 5) is 23.9. The molecule has 0 heterocycles. The highest BCUT2D eigenvalue weighted by molar-refractivity contribution is 6.42. The molecule has 0 unspecified atom stereocenters. The molecule has 27 heavy (non-hydrogen) atoms. The van der Waals surface area contributed by atoms with Crippen LogP contribution in [0.5, 0.6) is 0 Å². The average Bonchev–Trinajstić information content (AvgIpc) is 2.68. The summed E-state index contributed by atoms with van der Waals surface area (Å²) in [6.07, 6.45) is 1.57. The van der Waals surface area contributed by atoms with Crippen LogP contribution in [0.1, 0.15) is 15.9 Å². The molecule has 3 rings (SSSR count). The van der Waals surface area contributed by atoms with Gasteiger partial charge in [-0.15, -0.1) is 0 Å². The number of hydrazone groups is 1. The Hall–Kier alpha value is -2.89. The van der Waals surface area contributed by atoms with E-state index >= 15 is 0 Å². The van der Waals surface area contributed by atoms with Gasteiger partial charge in [0, 0.05) is 11.1 Å². The lowest BCUT2D eigenvalue weighted by Gasteiger charge is -2.05. The summed E-state index contributed by atoms with van der Waals surface area (Å²) in [6, 6.07) is 18.2. The fourth-order valence-electron chi connectivity index (χ4n) is 2.48. The first-order valence-electron chi connectivity index (χ1n) is 8.07. The van der Waals surface area contributed by atoms with Crippen LogP contribution in [0.15, 0.2) is 65.8 Å². The van der Waals surface area contributed by atoms with Crippen molar-refractivity contribution in [2.24, 2.45) is 5.10 Å². The Kier molecular flexibility index (Phi) is 6.06. The molecule has 0 aromatic heterocycles. The molecule has 0 aliphatic rings. The number of carbonyl (C=O) groups excluding carboxylic acids is 2. The van der Waals surface area contributed by atoms with Gasteiger partial charge in [-0.05, 0) is 29.0 Å². The summed E-state index contributed by atoms with van der Waals surface area (Å²) in [5, 5.41) is 9.20. The molecule has 2 N–H and O–H groups in total. The molecule has 0 aliphatic carbocycles. The van der Waals surface area contributed by atoms with E-state index in [1.165, 1.54) is 18.2 Å². The van der Waals surface area contributed by atoms with E-state index < -0.39 is 11.8 Å². The highest BCUT2D eigenvalue weighted by atomic mass is 35.5. The van der Waals surface area contributed by atoms with Crippen molar-refractivity contribution in [2.75, 3.05) is 6.54 Å². The predicted molar refractivity (Wildman–Crippen MR) is 108 cm³/mol. The van der Waals surface area contributed by atoms with Crippen molar-refractivity contribution in [3.8, 4) is 0 Å². The van der Waals surface area contributed by atoms with Gasteiger partial charge < -0.3 is 5.32 Å². The Morgan fingerprint density at radius 3 is 2.56 bits per heavy atom. The third-order valence-electron chi connectivity index (χ3n) is 3.81. The number of hydrogen-bond acceptors (Lipinski definition) is 3. The molecular weight excluding hydrogens is 385 g/mol. The van der Waals surface area contributed by atoms with E-state index in [4.69, 9.17) is 23.2 Å². The Bertz CT molecular complexity index is 1030. The highest BCUT2D eigenvalue weighted by Gasteiger charge is 2.09. The SMILES string of the molecule is O=C(CNC(=O)c1ccc(Cl)c(Cl)c1)N/N=C\c1cccc2ccccc12. The molecule has 0 spiro atoms. The molecule has 0 atom stereocenters. The number of rotatable bonds is 5. The first kappa shape index (κ1) is 18.9. The summed E-state index contributed by atoms with van der Waals surface area (Å²) in [5.74, 6) is -0.873. The second-order valence-corrected chi connectivity index (χ2v) is 6.49. The van der Waals surface area contributed by atoms with Crippen LogP contribution in [0.4, 0.5) is 0 Å². The summed E-state index contributed by atoms with van der Waals surface area (Å²) < 4.78 is 0. The van der Waals surface area contributed by atoms with Gasteiger partial charge >= 0.3 is 0 Å². The summed E-state index contributed by atoms with van der Waals surface area (Å²) >= 11 is 11.7. The molecule has 0 saturated carbocycles. The Morgan fingerprint density at radius 2 is 1.74 bits per heavy atom. The van der Waals surface area contributed by atoms with Gasteiger partial charge in [-0.2, -0.15) is 5.10 Å². The van der Waals surface area contributed by atoms with Crippen LogP contribution < -0.4 is 10.7 Å². The quantitative estimate of drug-likeness (QED) is 0.502. The molecule has 0 aliphatic heterocycles. The van der Waals surface area contributed by atoms with E-state index in [1.54, 1.807) is 6.21 Å². The van der Waals surface area contributed by atoms with Crippen LogP contribution in [0.3, 0.4) is 0 Å². The van der Waals surface area contributed by atoms with Crippen molar-refractivity contribution >= 4 is 52.0 Å². The summed E-state index contributed by atoms with van der Waals surface area (Å²) in [5.41, 5.74) is 3.59. The lowest BCUT2D eigenvalue weighted by molar-refractivity contribution is -0.120. The predicted octanol–water partition coefficient (Wildman–Crippen LogP) is 4.03. The molecule has 0 saturated heterocycles. The lowest BCUT2D eigenvalue weighted by Crippen LogP contribution is -2.34. The number of amides is 2. The van der Waals surface area contributed by atoms with Gasteiger partial charge in [0.05, 0.1) is 22.8 Å². The van der Waals surface area contributed by atoms with Crippen LogP contribution in [0.25, 0.3) is 10.8 Å². The van der Waals surface area contributed by atoms with Gasteiger partial charge in [0.1, 0.15) is 0 Å². The average molecular weight is 400 g/mol. The normalized spacial score (nSPS) is 10.9. The van der Waals surface area contributed by atoms with E-state index in [1.807, 2.05) is 42.5 Å². The number of hydrogen-bond donors (Lipinski definition) is 2. The maximum Gasteiger partial charge on any atom is 0.259 e. The number of carbonyl (C=O) groups is 2. The number of benzene rings is 3. The monoisotopic (exact) mass is 399 g/mol. The van der Waals surface area contributed by atoms with Crippen LogP contribution in [0, 0.1) is 0 Å². The van der Waals surface area contributed by atoms with Gasteiger partial charge in [0.2, 0.25) is 0 Å². The highest BCUT2D eigenvalue weighted by Crippen LogP contribution is 2.22. The van der Waals surface area contributed by atoms with E-state index in [0.717, 1.165) is 16.3 Å². The minimum atomic E-state index is -0.445. The van der Waals surface area contributed by atoms with Crippen LogP contribution in [-0.4, -0.2) is 24.6 Å². The number of fused-ring (bicyclic) bond motifs is 1. The third kappa shape index (κ3) is 4.84. The number of nitrogens with zero attached hydrogens (tertiary/aromatic N) is 1. The van der Waals surface area contributed by atoms with E-state index in [2.05, 4.69) is 15.8 Å². The van der Waals surface area contributed by atoms with Gasteiger partial charge in [0.25, 0.3) is 11.8 Å². The number of halogens is 2. The van der Waals surface area contributed by atoms with Crippen molar-refractivity contribution in [1.82, 2.24) is 10.7 Å². The molecular formula is C20H15Cl2N3O2. The van der Waals surface area contributed by atoms with Gasteiger partial charge in [0.15, 0.2) is 0 Å². The van der Waals surface area contributed by atoms with Crippen molar-refractivity contribution in [2.45, 2.75) is 0 Å². The molecule has 136 valence electrons. The zero-order valence-corrected chi connectivity index (χ0v) is 15.6. The fraction of sp³-hybridized carbons (Fsp3) is 0.0500. The lowest BCUT2D eigenvalue weighted by atomic mass is 10.1. The zero-order chi connectivity index (χ0) is 19.2. The Labute approximate surface area is 166 Å². The summed E-state index contributed by atoms with van der Waals surface area (Å²) in [6.45, 7) is -0.216. The second-order valence-electron chi connectivity index (χ2n) is 5.67. The van der Waals surface area contributed by atoms with E-state index in [-0.39, 0.29) is 11.6 Å². The molecule has 0 bridgehead atoms. The largest absolute Gasteiger partial charge is 0.343 e. The molecule has 5 nitrogen and oxygen atoms in total. The third-order valence-corrected chi connectivity index (χ3v) is 4.55. The first-order chi connectivity index (χ1) is 13.0. The van der Waals surface area contributed by atoms with Crippen molar-refractivity contribution in [3.05, 3.63) is 81.8 Å². The smallest absolute Gasteiger partial charge is 0.259 e. The molecule has 7 heteroatoms. The van der Waals surface area contributed by atoms with Gasteiger partial charge in [-0.1, -0.05) is 65.7 Å². The van der Waals surface area contributed by atoms with Crippen LogP contribution in [0.2, 0.25) is 10.0 Å². The molecule has 0 radical (unpaired) electrons. The fourth-order valence-corrected chi connectivity index (χ4v) is 2.77. The van der Waals surface area contributed by atoms with Crippen molar-refractivity contribution in [1.29, 1.82) is 0 Å². The Balaban J connectivity index is 1.55. The number of nitrogens with one attached hydrogen (secondary N) is 2. The summed E-state index contributed by atoms with van der Waals surface area (Å²) in [7, 11) is 0. The molecule has 0 fully saturated rings. The van der Waals surface area contributed by atoms with Crippen LogP contribution in [-0.2, 0) is 4.79 Å². The first-order valence-corrected chi connectivity index (χ1v) is 8.83. The molecule has 2 amide bonds. The van der Waals surface area contributed by atoms with Gasteiger partial charge in [-0.3, -0.25) is 9.59 Å². The minimum absolute atomic E-state index is 0.216. The zero-order valence-electron chi connectivity index (χ0n) is 14.1. The van der Waals surface area contributed by atoms with E-state index in [9.17, 15) is 9.59 Å². The maximum absolute atomic E-state index is 12.0. The maximum atomic E-state index is 12.0. The standard InChI is InChI=1S/C20H15Cl2N3O2/c21-17-9-8-14(10-18(17)22)20(27)23-12-19(26)25-24-11-15-6-3-5-13-4-1-2-7-16(13)15/h1-11H,12H2,(H,23,27)(H,25,26)/b24-11-. The van der Waals surface area contributed by atoms with E-state index in [0.29, 0.717) is 10.6 Å².